The molecule has 1 unspecified atom stereocenters. The van der Waals surface area contributed by atoms with Crippen molar-refractivity contribution >= 4 is 40.7 Å². The van der Waals surface area contributed by atoms with Gasteiger partial charge in [-0.05, 0) is 43.3 Å². The molecule has 0 radical (unpaired) electrons. The summed E-state index contributed by atoms with van der Waals surface area (Å²) in [4.78, 5) is 4.04. The lowest BCUT2D eigenvalue weighted by molar-refractivity contribution is 0.515. The number of allylic oxidation sites excluding steroid dienone is 1. The molecular weight excluding hydrogens is 496 g/mol. The van der Waals surface area contributed by atoms with Crippen LogP contribution in [0, 0.1) is 23.7 Å². The normalized spacial score (nSPS) is 19.8. The first-order chi connectivity index (χ1) is 18.1. The van der Waals surface area contributed by atoms with Gasteiger partial charge in [-0.2, -0.15) is 5.26 Å². The highest BCUT2D eigenvalue weighted by Crippen LogP contribution is 2.56. The lowest BCUT2D eigenvalue weighted by Gasteiger charge is -2.33. The Hall–Kier alpha value is -4.12. The summed E-state index contributed by atoms with van der Waals surface area (Å²) in [6.45, 7) is 2.06. The Morgan fingerprint density at radius 3 is 2.46 bits per heavy atom. The Labute approximate surface area is 223 Å². The van der Waals surface area contributed by atoms with Gasteiger partial charge in [0, 0.05) is 20.9 Å². The van der Waals surface area contributed by atoms with E-state index in [-0.39, 0.29) is 0 Å². The molecule has 7 rings (SSSR count). The molecule has 1 aromatic heterocycles. The van der Waals surface area contributed by atoms with Crippen molar-refractivity contribution in [1.29, 1.82) is 10.7 Å². The second-order valence-electron chi connectivity index (χ2n) is 9.05. The molecule has 1 atom stereocenters. The van der Waals surface area contributed by atoms with Gasteiger partial charge in [0.2, 0.25) is 0 Å². The molecule has 3 aliphatic heterocycles. The van der Waals surface area contributed by atoms with Crippen LogP contribution in [-0.4, -0.2) is 5.84 Å². The van der Waals surface area contributed by atoms with Crippen LogP contribution in [0.5, 0.6) is 0 Å². The van der Waals surface area contributed by atoms with E-state index < -0.39 is 5.92 Å². The summed E-state index contributed by atoms with van der Waals surface area (Å²) in [5.74, 6) is 1.25. The zero-order valence-corrected chi connectivity index (χ0v) is 21.4. The number of thioether (sulfide) groups is 2. The number of nitrogens with one attached hydrogen (secondary N) is 2. The Kier molecular flexibility index (Phi) is 5.07. The standard InChI is InChI=1S/C30H20N4OS2/c1-17-10-12-18(13-11-17)22-14-15-23(35-22)26-19(16-31)30-34(21-7-3-5-9-25(21)37-30)28(32)27(26)29-33-20-6-2-4-8-24(20)36-29/h2-15,26,32-33H,1H3. The van der Waals surface area contributed by atoms with Crippen molar-refractivity contribution < 1.29 is 4.42 Å². The van der Waals surface area contributed by atoms with E-state index in [0.29, 0.717) is 17.2 Å². The summed E-state index contributed by atoms with van der Waals surface area (Å²) in [6, 6.07) is 30.7. The van der Waals surface area contributed by atoms with Crippen molar-refractivity contribution in [2.75, 3.05) is 10.2 Å². The highest BCUT2D eigenvalue weighted by atomic mass is 32.2. The van der Waals surface area contributed by atoms with Crippen LogP contribution in [0.2, 0.25) is 0 Å². The van der Waals surface area contributed by atoms with E-state index in [4.69, 9.17) is 4.42 Å². The lowest BCUT2D eigenvalue weighted by Crippen LogP contribution is -2.36. The van der Waals surface area contributed by atoms with E-state index in [0.717, 1.165) is 48.1 Å². The van der Waals surface area contributed by atoms with E-state index in [1.165, 1.54) is 5.56 Å². The fourth-order valence-corrected chi connectivity index (χ4v) is 7.22. The number of benzene rings is 3. The number of hydrogen-bond donors (Lipinski definition) is 2. The van der Waals surface area contributed by atoms with Crippen molar-refractivity contribution in [3.63, 3.8) is 0 Å². The topological polar surface area (TPSA) is 76.1 Å². The second-order valence-corrected chi connectivity index (χ2v) is 11.1. The van der Waals surface area contributed by atoms with Gasteiger partial charge in [-0.25, -0.2) is 0 Å². The summed E-state index contributed by atoms with van der Waals surface area (Å²) < 4.78 is 6.44. The molecule has 37 heavy (non-hydrogen) atoms. The van der Waals surface area contributed by atoms with Gasteiger partial charge in [-0.15, -0.1) is 0 Å². The number of nitrogens with zero attached hydrogens (tertiary/aromatic N) is 2. The largest absolute Gasteiger partial charge is 0.460 e. The number of nitriles is 1. The zero-order valence-electron chi connectivity index (χ0n) is 19.8. The van der Waals surface area contributed by atoms with Gasteiger partial charge in [-0.1, -0.05) is 77.6 Å². The molecule has 5 nitrogen and oxygen atoms in total. The predicted molar refractivity (Wildman–Crippen MR) is 150 cm³/mol. The Balaban J connectivity index is 1.43. The van der Waals surface area contributed by atoms with E-state index in [1.54, 1.807) is 23.5 Å². The lowest BCUT2D eigenvalue weighted by atomic mass is 9.86. The second kappa shape index (κ2) is 8.48. The number of aryl methyl sites for hydroxylation is 1. The smallest absolute Gasteiger partial charge is 0.137 e. The highest BCUT2D eigenvalue weighted by Gasteiger charge is 2.45. The average Bonchev–Trinajstić information content (AvgIpc) is 3.65. The predicted octanol–water partition coefficient (Wildman–Crippen LogP) is 8.11. The molecule has 0 saturated carbocycles. The van der Waals surface area contributed by atoms with Gasteiger partial charge >= 0.3 is 0 Å². The van der Waals surface area contributed by atoms with Gasteiger partial charge in [0.15, 0.2) is 0 Å². The summed E-state index contributed by atoms with van der Waals surface area (Å²) >= 11 is 3.14. The minimum absolute atomic E-state index is 0.354. The van der Waals surface area contributed by atoms with Crippen LogP contribution in [-0.2, 0) is 0 Å². The third kappa shape index (κ3) is 3.45. The van der Waals surface area contributed by atoms with Crippen LogP contribution in [0.15, 0.2) is 120 Å². The minimum Gasteiger partial charge on any atom is -0.460 e. The summed E-state index contributed by atoms with van der Waals surface area (Å²) in [5.41, 5.74) is 5.42. The summed E-state index contributed by atoms with van der Waals surface area (Å²) in [5, 5.41) is 25.1. The molecule has 0 saturated heterocycles. The molecule has 0 amide bonds. The average molecular weight is 517 g/mol. The van der Waals surface area contributed by atoms with Crippen LogP contribution in [0.4, 0.5) is 11.4 Å². The van der Waals surface area contributed by atoms with Crippen LogP contribution in [0.25, 0.3) is 11.3 Å². The van der Waals surface area contributed by atoms with Crippen molar-refractivity contribution in [2.24, 2.45) is 0 Å². The fourth-order valence-electron chi connectivity index (χ4n) is 4.97. The van der Waals surface area contributed by atoms with Crippen molar-refractivity contribution in [1.82, 2.24) is 0 Å². The van der Waals surface area contributed by atoms with E-state index >= 15 is 0 Å². The van der Waals surface area contributed by atoms with Crippen molar-refractivity contribution in [2.45, 2.75) is 22.6 Å². The Bertz CT molecular complexity index is 1680. The molecule has 178 valence electrons. The maximum absolute atomic E-state index is 10.5. The van der Waals surface area contributed by atoms with Gasteiger partial charge in [0.05, 0.1) is 34.0 Å². The number of anilines is 2. The molecule has 0 bridgehead atoms. The highest BCUT2D eigenvalue weighted by molar-refractivity contribution is 8.04. The first-order valence-corrected chi connectivity index (χ1v) is 13.5. The van der Waals surface area contributed by atoms with Crippen molar-refractivity contribution in [3.05, 3.63) is 117 Å². The summed E-state index contributed by atoms with van der Waals surface area (Å²) in [7, 11) is 0. The number of para-hydroxylation sites is 2. The molecule has 7 heteroatoms. The molecule has 3 aliphatic rings. The molecule has 2 N–H and O–H groups in total. The number of rotatable bonds is 2. The molecule has 0 aliphatic carbocycles. The van der Waals surface area contributed by atoms with Gasteiger partial charge < -0.3 is 9.73 Å². The minimum atomic E-state index is -0.505. The molecular formula is C30H20N4OS2. The van der Waals surface area contributed by atoms with E-state index in [9.17, 15) is 10.7 Å². The van der Waals surface area contributed by atoms with Gasteiger partial charge in [0.25, 0.3) is 0 Å². The molecule has 4 aromatic rings. The van der Waals surface area contributed by atoms with Crippen LogP contribution < -0.4 is 10.2 Å². The van der Waals surface area contributed by atoms with Crippen LogP contribution in [0.1, 0.15) is 17.2 Å². The summed E-state index contributed by atoms with van der Waals surface area (Å²) in [6.07, 6.45) is 0. The zero-order chi connectivity index (χ0) is 25.1. The quantitative estimate of drug-likeness (QED) is 0.280. The number of fused-ring (bicyclic) bond motifs is 4. The van der Waals surface area contributed by atoms with Crippen LogP contribution >= 0.6 is 23.5 Å². The SMILES string of the molecule is Cc1ccc(-c2ccc(C3C(C#N)=C4Sc5ccccc5N4C(=N)C3=C3Nc4ccccc4S3)o2)cc1. The van der Waals surface area contributed by atoms with E-state index in [2.05, 4.69) is 36.5 Å². The number of furan rings is 1. The number of hydrogen-bond acceptors (Lipinski definition) is 6. The van der Waals surface area contributed by atoms with Gasteiger partial charge in [-0.3, -0.25) is 10.3 Å². The van der Waals surface area contributed by atoms with E-state index in [1.807, 2.05) is 71.6 Å². The number of amidine groups is 1. The molecule has 0 spiro atoms. The maximum Gasteiger partial charge on any atom is 0.137 e. The molecule has 3 aromatic carbocycles. The third-order valence-corrected chi connectivity index (χ3v) is 9.03. The Morgan fingerprint density at radius 1 is 0.919 bits per heavy atom. The first-order valence-electron chi connectivity index (χ1n) is 11.9. The van der Waals surface area contributed by atoms with Crippen molar-refractivity contribution in [3.8, 4) is 17.4 Å². The first kappa shape index (κ1) is 22.1. The third-order valence-electron chi connectivity index (χ3n) is 6.76. The van der Waals surface area contributed by atoms with Crippen LogP contribution in [0.3, 0.4) is 0 Å². The van der Waals surface area contributed by atoms with Gasteiger partial charge in [0.1, 0.15) is 22.4 Å². The maximum atomic E-state index is 10.5. The molecule has 0 fully saturated rings. The molecule has 4 heterocycles. The monoisotopic (exact) mass is 516 g/mol. The Morgan fingerprint density at radius 2 is 1.68 bits per heavy atom. The fraction of sp³-hybridized carbons (Fsp3) is 0.0667.